The minimum absolute atomic E-state index is 0.00245. The summed E-state index contributed by atoms with van der Waals surface area (Å²) >= 11 is 0. The van der Waals surface area contributed by atoms with Gasteiger partial charge >= 0.3 is 6.61 Å². The summed E-state index contributed by atoms with van der Waals surface area (Å²) < 4.78 is 33.2. The summed E-state index contributed by atoms with van der Waals surface area (Å²) in [6.45, 7) is -2.38. The predicted molar refractivity (Wildman–Crippen MR) is 128 cm³/mol. The molecule has 2 bridgehead atoms. The van der Waals surface area contributed by atoms with Gasteiger partial charge in [0.05, 0.1) is 29.7 Å². The molecule has 11 heteroatoms. The number of aromatic nitrogens is 5. The quantitative estimate of drug-likeness (QED) is 0.429. The van der Waals surface area contributed by atoms with Gasteiger partial charge < -0.3 is 15.0 Å². The number of imidazole rings is 1. The van der Waals surface area contributed by atoms with E-state index >= 15 is 0 Å². The zero-order valence-corrected chi connectivity index (χ0v) is 19.9. The van der Waals surface area contributed by atoms with Crippen molar-refractivity contribution < 1.29 is 18.3 Å². The molecule has 4 aromatic rings. The van der Waals surface area contributed by atoms with Crippen LogP contribution in [0.5, 0.6) is 5.75 Å². The van der Waals surface area contributed by atoms with Crippen LogP contribution in [0.15, 0.2) is 42.7 Å². The van der Waals surface area contributed by atoms with Gasteiger partial charge in [0, 0.05) is 48.1 Å². The molecule has 0 radical (unpaired) electrons. The first kappa shape index (κ1) is 22.2. The number of carbonyl (C=O) groups excluding carboxylic acids is 1. The highest BCUT2D eigenvalue weighted by molar-refractivity contribution is 5.98. The van der Waals surface area contributed by atoms with Crippen LogP contribution in [0.4, 0.5) is 8.78 Å². The van der Waals surface area contributed by atoms with Crippen molar-refractivity contribution in [2.75, 3.05) is 7.05 Å². The first-order valence-corrected chi connectivity index (χ1v) is 12.3. The van der Waals surface area contributed by atoms with Crippen molar-refractivity contribution in [2.24, 2.45) is 0 Å². The Morgan fingerprint density at radius 2 is 1.97 bits per heavy atom. The van der Waals surface area contributed by atoms with Gasteiger partial charge in [0.1, 0.15) is 11.6 Å². The maximum absolute atomic E-state index is 13.3. The second kappa shape index (κ2) is 8.27. The Hall–Kier alpha value is -3.99. The molecular formula is C26H23F2N7O2. The van der Waals surface area contributed by atoms with Crippen molar-refractivity contribution in [3.63, 3.8) is 0 Å². The van der Waals surface area contributed by atoms with Gasteiger partial charge in [0.25, 0.3) is 5.91 Å². The SMILES string of the molecule is CN1C(=O)c2cccc(OC(F)F)c2C2CC1c1nc3ccc(-c4cnc(CNC5CC5)nc4)nn3c12. The second-order valence-electron chi connectivity index (χ2n) is 9.73. The average Bonchev–Trinajstić information content (AvgIpc) is 3.58. The fourth-order valence-electron chi connectivity index (χ4n) is 5.46. The summed E-state index contributed by atoms with van der Waals surface area (Å²) in [5.74, 6) is 0.0968. The second-order valence-corrected chi connectivity index (χ2v) is 9.73. The normalized spacial score (nSPS) is 20.3. The zero-order chi connectivity index (χ0) is 25.3. The lowest BCUT2D eigenvalue weighted by Crippen LogP contribution is -2.30. The molecule has 9 nitrogen and oxygen atoms in total. The maximum atomic E-state index is 13.3. The molecule has 188 valence electrons. The highest BCUT2D eigenvalue weighted by atomic mass is 19.3. The number of benzene rings is 1. The van der Waals surface area contributed by atoms with Crippen LogP contribution < -0.4 is 10.1 Å². The lowest BCUT2D eigenvalue weighted by Gasteiger charge is -2.23. The van der Waals surface area contributed by atoms with Crippen LogP contribution >= 0.6 is 0 Å². The summed E-state index contributed by atoms with van der Waals surface area (Å²) in [4.78, 5) is 28.6. The molecule has 3 aliphatic rings. The van der Waals surface area contributed by atoms with E-state index in [0.717, 1.165) is 22.8 Å². The molecule has 3 aromatic heterocycles. The highest BCUT2D eigenvalue weighted by Crippen LogP contribution is 2.52. The standard InChI is InChI=1S/C26H23F2N7O2/c1-34-18-9-16(22-15(25(34)36)3-2-4-19(22)37-26(27)28)24-23(18)32-21-8-7-17(33-35(21)24)13-10-30-20(31-11-13)12-29-14-5-6-14/h2-4,7-8,10-11,14,16,18,26,29H,5-6,9,12H2,1H3. The summed E-state index contributed by atoms with van der Waals surface area (Å²) in [7, 11) is 1.72. The van der Waals surface area contributed by atoms with Crippen LogP contribution in [0.2, 0.25) is 0 Å². The Labute approximate surface area is 210 Å². The predicted octanol–water partition coefficient (Wildman–Crippen LogP) is 3.70. The number of carbonyl (C=O) groups is 1. The van der Waals surface area contributed by atoms with Gasteiger partial charge in [-0.05, 0) is 43.5 Å². The van der Waals surface area contributed by atoms with Crippen molar-refractivity contribution in [2.45, 2.75) is 50.4 Å². The van der Waals surface area contributed by atoms with E-state index in [4.69, 9.17) is 14.8 Å². The van der Waals surface area contributed by atoms with Gasteiger partial charge in [-0.15, -0.1) is 0 Å². The minimum atomic E-state index is -3.01. The molecule has 2 unspecified atom stereocenters. The van der Waals surface area contributed by atoms with Crippen LogP contribution in [-0.2, 0) is 6.54 Å². The van der Waals surface area contributed by atoms with Gasteiger partial charge in [-0.25, -0.2) is 19.5 Å². The Balaban J connectivity index is 1.32. The fraction of sp³-hybridized carbons (Fsp3) is 0.346. The third kappa shape index (κ3) is 3.64. The largest absolute Gasteiger partial charge is 0.434 e. The molecule has 1 fully saturated rings. The third-order valence-electron chi connectivity index (χ3n) is 7.42. The Bertz CT molecular complexity index is 1530. The van der Waals surface area contributed by atoms with E-state index < -0.39 is 6.61 Å². The number of hydrogen-bond donors (Lipinski definition) is 1. The number of hydrogen-bond acceptors (Lipinski definition) is 7. The number of halogens is 2. The first-order valence-electron chi connectivity index (χ1n) is 12.3. The van der Waals surface area contributed by atoms with Gasteiger partial charge in [-0.2, -0.15) is 13.9 Å². The van der Waals surface area contributed by atoms with Gasteiger partial charge in [0.15, 0.2) is 5.65 Å². The van der Waals surface area contributed by atoms with Gasteiger partial charge in [-0.3, -0.25) is 4.79 Å². The van der Waals surface area contributed by atoms with Crippen LogP contribution in [0.3, 0.4) is 0 Å². The summed E-state index contributed by atoms with van der Waals surface area (Å²) in [5, 5.41) is 8.26. The number of nitrogens with zero attached hydrogens (tertiary/aromatic N) is 6. The minimum Gasteiger partial charge on any atom is -0.434 e. The topological polar surface area (TPSA) is 97.5 Å². The molecule has 1 N–H and O–H groups in total. The number of amides is 1. The Morgan fingerprint density at radius 1 is 1.16 bits per heavy atom. The molecule has 1 aliphatic heterocycles. The van der Waals surface area contributed by atoms with Gasteiger partial charge in [0.2, 0.25) is 0 Å². The maximum Gasteiger partial charge on any atom is 0.387 e. The molecule has 1 saturated carbocycles. The van der Waals surface area contributed by atoms with Crippen LogP contribution in [0.25, 0.3) is 16.9 Å². The Kier molecular flexibility index (Phi) is 4.97. The monoisotopic (exact) mass is 503 g/mol. The summed E-state index contributed by atoms with van der Waals surface area (Å²) in [6, 6.07) is 8.70. The molecule has 0 saturated heterocycles. The molecule has 4 heterocycles. The third-order valence-corrected chi connectivity index (χ3v) is 7.42. The van der Waals surface area contributed by atoms with Gasteiger partial charge in [-0.1, -0.05) is 6.07 Å². The zero-order valence-electron chi connectivity index (χ0n) is 19.9. The molecule has 2 aliphatic carbocycles. The molecule has 0 spiro atoms. The molecule has 7 rings (SSSR count). The average molecular weight is 504 g/mol. The number of alkyl halides is 2. The number of nitrogens with one attached hydrogen (secondary N) is 1. The van der Waals surface area contributed by atoms with Crippen molar-refractivity contribution in [1.29, 1.82) is 0 Å². The van der Waals surface area contributed by atoms with Crippen LogP contribution in [0.1, 0.15) is 64.4 Å². The van der Waals surface area contributed by atoms with Crippen molar-refractivity contribution in [3.8, 4) is 17.0 Å². The summed E-state index contributed by atoms with van der Waals surface area (Å²) in [6.07, 6.45) is 6.41. The van der Waals surface area contributed by atoms with Crippen molar-refractivity contribution in [3.05, 3.63) is 71.1 Å². The fourth-order valence-corrected chi connectivity index (χ4v) is 5.46. The van der Waals surface area contributed by atoms with E-state index in [2.05, 4.69) is 15.3 Å². The molecule has 1 amide bonds. The summed E-state index contributed by atoms with van der Waals surface area (Å²) in [5.41, 5.74) is 4.34. The lowest BCUT2D eigenvalue weighted by atomic mass is 9.91. The van der Waals surface area contributed by atoms with Crippen molar-refractivity contribution >= 4 is 11.6 Å². The Morgan fingerprint density at radius 3 is 2.73 bits per heavy atom. The number of ether oxygens (including phenoxy) is 1. The molecule has 2 atom stereocenters. The first-order chi connectivity index (χ1) is 18.0. The smallest absolute Gasteiger partial charge is 0.387 e. The molecule has 1 aromatic carbocycles. The van der Waals surface area contributed by atoms with Crippen LogP contribution in [-0.4, -0.2) is 55.1 Å². The highest BCUT2D eigenvalue weighted by Gasteiger charge is 2.46. The molecular weight excluding hydrogens is 480 g/mol. The van der Waals surface area contributed by atoms with E-state index in [0.29, 0.717) is 41.5 Å². The number of fused-ring (bicyclic) bond motifs is 9. The van der Waals surface area contributed by atoms with E-state index in [9.17, 15) is 13.6 Å². The van der Waals surface area contributed by atoms with E-state index in [1.807, 2.05) is 12.1 Å². The lowest BCUT2D eigenvalue weighted by molar-refractivity contribution is -0.0506. The van der Waals surface area contributed by atoms with Crippen molar-refractivity contribution in [1.82, 2.24) is 34.8 Å². The van der Waals surface area contributed by atoms with E-state index in [-0.39, 0.29) is 23.6 Å². The van der Waals surface area contributed by atoms with Crippen LogP contribution in [0, 0.1) is 0 Å². The van der Waals surface area contributed by atoms with E-state index in [1.54, 1.807) is 41.0 Å². The number of rotatable bonds is 6. The van der Waals surface area contributed by atoms with E-state index in [1.165, 1.54) is 18.9 Å². The molecule has 37 heavy (non-hydrogen) atoms.